The van der Waals surface area contributed by atoms with Gasteiger partial charge in [-0.1, -0.05) is 0 Å². The Morgan fingerprint density at radius 2 is 0.400 bits per heavy atom. The molecule has 0 unspecified atom stereocenters. The quantitative estimate of drug-likeness (QED) is 0.598. The molecule has 5 heavy (non-hydrogen) atoms. The van der Waals surface area contributed by atoms with Gasteiger partial charge >= 0.3 is 0 Å². The largest absolute Gasteiger partial charge is 0.344 e. The third kappa shape index (κ3) is 23.7. The van der Waals surface area contributed by atoms with Crippen LogP contribution < -0.4 is 6.15 Å². The third-order valence-electron chi connectivity index (χ3n) is 0. The average molecular weight is 237 g/mol. The molecular weight excluding hydrogens is 234 g/mol. The summed E-state index contributed by atoms with van der Waals surface area (Å²) in [4.78, 5) is 0. The molecule has 0 aliphatic heterocycles. The summed E-state index contributed by atoms with van der Waals surface area (Å²) in [5, 5.41) is 0. The van der Waals surface area contributed by atoms with Gasteiger partial charge < -0.3 is 6.15 Å². The van der Waals surface area contributed by atoms with E-state index in [2.05, 4.69) is 0 Å². The summed E-state index contributed by atoms with van der Waals surface area (Å²) >= 11 is 0. The number of hydrogen-bond acceptors (Lipinski definition) is 1. The van der Waals surface area contributed by atoms with Crippen LogP contribution in [-0.4, -0.2) is 0 Å². The van der Waals surface area contributed by atoms with Gasteiger partial charge in [-0.15, -0.1) is 0 Å². The molecule has 0 saturated carbocycles. The molecule has 5 heteroatoms. The van der Waals surface area contributed by atoms with Crippen LogP contribution in [0.4, 0.5) is 0 Å². The van der Waals surface area contributed by atoms with Crippen molar-refractivity contribution in [3.05, 3.63) is 0 Å². The Bertz CT molecular complexity index is 3.61. The average Bonchev–Trinajstić information content (AvgIpc) is 0. The van der Waals surface area contributed by atoms with Crippen molar-refractivity contribution < 1.29 is 68.3 Å². The van der Waals surface area contributed by atoms with Gasteiger partial charge in [-0.05, 0) is 0 Å². The van der Waals surface area contributed by atoms with Crippen LogP contribution in [-0.2, 0) is 68.3 Å². The van der Waals surface area contributed by atoms with Gasteiger partial charge in [-0.25, -0.2) is 0 Å². The molecule has 0 aliphatic rings. The summed E-state index contributed by atoms with van der Waals surface area (Å²) in [7, 11) is 0. The molecular formula is H3Mn4N. The van der Waals surface area contributed by atoms with Crippen LogP contribution in [0.5, 0.6) is 0 Å². The van der Waals surface area contributed by atoms with E-state index in [1.165, 1.54) is 0 Å². The molecule has 0 bridgehead atoms. The van der Waals surface area contributed by atoms with Gasteiger partial charge in [-0.3, -0.25) is 0 Å². The fraction of sp³-hybridized carbons (Fsp3) is 0. The van der Waals surface area contributed by atoms with Crippen molar-refractivity contribution in [1.82, 2.24) is 6.15 Å². The van der Waals surface area contributed by atoms with Crippen molar-refractivity contribution in [2.75, 3.05) is 0 Å². The maximum atomic E-state index is 0. The van der Waals surface area contributed by atoms with E-state index in [1.54, 1.807) is 0 Å². The second-order valence-electron chi connectivity index (χ2n) is 0. The fourth-order valence-electron chi connectivity index (χ4n) is 0. The summed E-state index contributed by atoms with van der Waals surface area (Å²) in [5.41, 5.74) is 0. The monoisotopic (exact) mass is 237 g/mol. The zero-order valence-corrected chi connectivity index (χ0v) is 6.94. The molecule has 0 amide bonds. The van der Waals surface area contributed by atoms with Gasteiger partial charge in [0.15, 0.2) is 0 Å². The smallest absolute Gasteiger partial charge is 0 e. The molecule has 4 radical (unpaired) electrons. The molecule has 0 aliphatic carbocycles. The molecule has 0 spiro atoms. The SMILES string of the molecule is N.[Mn].[Mn].[Mn].[Mn]. The van der Waals surface area contributed by atoms with E-state index in [0.717, 1.165) is 0 Å². The van der Waals surface area contributed by atoms with Crippen LogP contribution in [0.1, 0.15) is 0 Å². The molecule has 3 N–H and O–H groups in total. The van der Waals surface area contributed by atoms with Crippen LogP contribution in [0.15, 0.2) is 0 Å². The standard InChI is InChI=1S/4Mn.H3N/h;;;;1H3. The van der Waals surface area contributed by atoms with Crippen LogP contribution in [0.2, 0.25) is 0 Å². The van der Waals surface area contributed by atoms with Crippen molar-refractivity contribution in [3.63, 3.8) is 0 Å². The van der Waals surface area contributed by atoms with E-state index in [4.69, 9.17) is 0 Å². The van der Waals surface area contributed by atoms with E-state index in [0.29, 0.717) is 0 Å². The van der Waals surface area contributed by atoms with Crippen LogP contribution >= 0.6 is 0 Å². The number of rotatable bonds is 0. The minimum Gasteiger partial charge on any atom is -0.344 e. The van der Waals surface area contributed by atoms with Crippen LogP contribution in [0, 0.1) is 0 Å². The molecule has 0 atom stereocenters. The summed E-state index contributed by atoms with van der Waals surface area (Å²) < 4.78 is 0. The molecule has 0 aromatic heterocycles. The topological polar surface area (TPSA) is 35.0 Å². The second-order valence-corrected chi connectivity index (χ2v) is 0. The molecule has 1 nitrogen and oxygen atoms in total. The van der Waals surface area contributed by atoms with Crippen molar-refractivity contribution >= 4 is 0 Å². The van der Waals surface area contributed by atoms with E-state index in [-0.39, 0.29) is 74.4 Å². The normalized spacial score (nSPS) is 0. The predicted molar refractivity (Wildman–Crippen MR) is 5.02 cm³/mol. The molecule has 0 rings (SSSR count). The Kier molecular flexibility index (Phi) is 456. The molecule has 0 heterocycles. The Labute approximate surface area is 73.9 Å². The van der Waals surface area contributed by atoms with Gasteiger partial charge in [0.05, 0.1) is 0 Å². The summed E-state index contributed by atoms with van der Waals surface area (Å²) in [6.07, 6.45) is 0. The Balaban J connectivity index is 0. The van der Waals surface area contributed by atoms with Crippen LogP contribution in [0.25, 0.3) is 0 Å². The molecule has 0 fully saturated rings. The first kappa shape index (κ1) is 61.8. The van der Waals surface area contributed by atoms with E-state index in [9.17, 15) is 0 Å². The summed E-state index contributed by atoms with van der Waals surface area (Å²) in [6, 6.07) is 0. The van der Waals surface area contributed by atoms with Gasteiger partial charge in [0.2, 0.25) is 0 Å². The minimum atomic E-state index is 0. The van der Waals surface area contributed by atoms with Gasteiger partial charge in [0.1, 0.15) is 0 Å². The van der Waals surface area contributed by atoms with Gasteiger partial charge in [0, 0.05) is 68.3 Å². The Hall–Kier alpha value is 2.04. The van der Waals surface area contributed by atoms with Crippen molar-refractivity contribution in [2.24, 2.45) is 0 Å². The first-order valence-electron chi connectivity index (χ1n) is 0. The molecule has 0 aromatic rings. The van der Waals surface area contributed by atoms with Gasteiger partial charge in [-0.2, -0.15) is 0 Å². The third-order valence-corrected chi connectivity index (χ3v) is 0. The van der Waals surface area contributed by atoms with E-state index < -0.39 is 0 Å². The second kappa shape index (κ2) is 36.9. The van der Waals surface area contributed by atoms with Crippen molar-refractivity contribution in [2.45, 2.75) is 0 Å². The van der Waals surface area contributed by atoms with Crippen molar-refractivity contribution in [3.8, 4) is 0 Å². The summed E-state index contributed by atoms with van der Waals surface area (Å²) in [5.74, 6) is 0. The molecule has 0 aromatic carbocycles. The van der Waals surface area contributed by atoms with E-state index >= 15 is 0 Å². The minimum absolute atomic E-state index is 0. The summed E-state index contributed by atoms with van der Waals surface area (Å²) in [6.45, 7) is 0. The Morgan fingerprint density at radius 3 is 0.400 bits per heavy atom. The Morgan fingerprint density at radius 1 is 0.400 bits per heavy atom. The van der Waals surface area contributed by atoms with E-state index in [1.807, 2.05) is 0 Å². The fourth-order valence-corrected chi connectivity index (χ4v) is 0. The molecule has 36 valence electrons. The maximum absolute atomic E-state index is 0. The number of hydrogen-bond donors (Lipinski definition) is 1. The maximum Gasteiger partial charge on any atom is 0 e. The van der Waals surface area contributed by atoms with Crippen LogP contribution in [0.3, 0.4) is 0 Å². The predicted octanol–water partition coefficient (Wildman–Crippen LogP) is 0.152. The first-order valence-corrected chi connectivity index (χ1v) is 0. The molecule has 0 saturated heterocycles. The zero-order valence-electron chi connectivity index (χ0n) is 2.22. The van der Waals surface area contributed by atoms with Gasteiger partial charge in [0.25, 0.3) is 0 Å². The zero-order chi connectivity index (χ0) is 0. The van der Waals surface area contributed by atoms with Crippen molar-refractivity contribution in [1.29, 1.82) is 0 Å². The first-order chi connectivity index (χ1) is 0.